The molecule has 0 spiro atoms. The fourth-order valence-corrected chi connectivity index (χ4v) is 2.59. The Labute approximate surface area is 106 Å². The van der Waals surface area contributed by atoms with E-state index in [1.807, 2.05) is 18.3 Å². The van der Waals surface area contributed by atoms with Crippen molar-refractivity contribution in [1.82, 2.24) is 10.3 Å². The molecule has 96 valence electrons. The summed E-state index contributed by atoms with van der Waals surface area (Å²) in [7, 11) is 1.71. The minimum Gasteiger partial charge on any atom is -0.496 e. The van der Waals surface area contributed by atoms with Gasteiger partial charge < -0.3 is 19.8 Å². The van der Waals surface area contributed by atoms with Crippen molar-refractivity contribution in [3.8, 4) is 5.75 Å². The number of benzene rings is 1. The Bertz CT molecular complexity index is 528. The highest BCUT2D eigenvalue weighted by Gasteiger charge is 2.21. The number of rotatable bonds is 2. The zero-order valence-corrected chi connectivity index (χ0v) is 10.5. The molecule has 1 aliphatic rings. The molecule has 4 heteroatoms. The molecule has 18 heavy (non-hydrogen) atoms. The van der Waals surface area contributed by atoms with Crippen LogP contribution in [0.4, 0.5) is 0 Å². The van der Waals surface area contributed by atoms with Gasteiger partial charge in [-0.2, -0.15) is 0 Å². The third-order valence-corrected chi connectivity index (χ3v) is 3.46. The van der Waals surface area contributed by atoms with Gasteiger partial charge in [0.1, 0.15) is 5.75 Å². The standard InChI is InChI=1S/C14H18N2O2/c1-17-12-3-2-11-10(4-7-16-11)14(12)13-5-6-15-8-9-18-13/h2-4,7,13,15-16H,5-6,8-9H2,1H3. The summed E-state index contributed by atoms with van der Waals surface area (Å²) < 4.78 is 11.5. The van der Waals surface area contributed by atoms with Gasteiger partial charge in [0.15, 0.2) is 0 Å². The van der Waals surface area contributed by atoms with E-state index >= 15 is 0 Å². The second kappa shape index (κ2) is 5.00. The Kier molecular flexibility index (Phi) is 3.21. The number of aromatic nitrogens is 1. The second-order valence-electron chi connectivity index (χ2n) is 4.52. The van der Waals surface area contributed by atoms with E-state index < -0.39 is 0 Å². The predicted octanol–water partition coefficient (Wildman–Crippen LogP) is 2.23. The summed E-state index contributed by atoms with van der Waals surface area (Å²) in [5.41, 5.74) is 2.30. The van der Waals surface area contributed by atoms with Crippen molar-refractivity contribution in [2.75, 3.05) is 26.8 Å². The largest absolute Gasteiger partial charge is 0.496 e. The van der Waals surface area contributed by atoms with E-state index in [0.717, 1.165) is 37.4 Å². The molecule has 2 heterocycles. The van der Waals surface area contributed by atoms with Crippen LogP contribution in [0.15, 0.2) is 24.4 Å². The van der Waals surface area contributed by atoms with E-state index in [2.05, 4.69) is 16.4 Å². The summed E-state index contributed by atoms with van der Waals surface area (Å²) in [5, 5.41) is 4.55. The molecule has 1 unspecified atom stereocenters. The first-order valence-electron chi connectivity index (χ1n) is 6.36. The van der Waals surface area contributed by atoms with Crippen LogP contribution < -0.4 is 10.1 Å². The van der Waals surface area contributed by atoms with Gasteiger partial charge in [-0.15, -0.1) is 0 Å². The third kappa shape index (κ3) is 1.98. The molecule has 2 N–H and O–H groups in total. The van der Waals surface area contributed by atoms with Gasteiger partial charge in [-0.05, 0) is 31.2 Å². The minimum atomic E-state index is 0.106. The molecular weight excluding hydrogens is 228 g/mol. The number of aromatic amines is 1. The van der Waals surface area contributed by atoms with Crippen molar-refractivity contribution < 1.29 is 9.47 Å². The van der Waals surface area contributed by atoms with Crippen LogP contribution >= 0.6 is 0 Å². The highest BCUT2D eigenvalue weighted by Crippen LogP contribution is 2.36. The summed E-state index contributed by atoms with van der Waals surface area (Å²) in [6.45, 7) is 2.64. The van der Waals surface area contributed by atoms with Gasteiger partial charge in [0.05, 0.1) is 19.8 Å². The Hall–Kier alpha value is -1.52. The fraction of sp³-hybridized carbons (Fsp3) is 0.429. The molecule has 1 aromatic carbocycles. The minimum absolute atomic E-state index is 0.106. The predicted molar refractivity (Wildman–Crippen MR) is 71.0 cm³/mol. The third-order valence-electron chi connectivity index (χ3n) is 3.46. The normalized spacial score (nSPS) is 20.8. The molecule has 0 amide bonds. The van der Waals surface area contributed by atoms with Crippen LogP contribution in [-0.4, -0.2) is 31.8 Å². The molecule has 1 aliphatic heterocycles. The van der Waals surface area contributed by atoms with Gasteiger partial charge in [-0.1, -0.05) is 0 Å². The zero-order valence-electron chi connectivity index (χ0n) is 10.5. The Morgan fingerprint density at radius 3 is 3.11 bits per heavy atom. The van der Waals surface area contributed by atoms with E-state index in [0.29, 0.717) is 0 Å². The first kappa shape index (κ1) is 11.6. The summed E-state index contributed by atoms with van der Waals surface area (Å²) >= 11 is 0. The number of hydrogen-bond acceptors (Lipinski definition) is 3. The van der Waals surface area contributed by atoms with Crippen LogP contribution in [0.2, 0.25) is 0 Å². The van der Waals surface area contributed by atoms with Gasteiger partial charge in [0.2, 0.25) is 0 Å². The van der Waals surface area contributed by atoms with Crippen LogP contribution in [-0.2, 0) is 4.74 Å². The quantitative estimate of drug-likeness (QED) is 0.854. The fourth-order valence-electron chi connectivity index (χ4n) is 2.59. The Morgan fingerprint density at radius 2 is 2.22 bits per heavy atom. The lowest BCUT2D eigenvalue weighted by atomic mass is 10.0. The lowest BCUT2D eigenvalue weighted by Crippen LogP contribution is -2.16. The molecule has 0 radical (unpaired) electrons. The molecule has 1 atom stereocenters. The smallest absolute Gasteiger partial charge is 0.125 e. The highest BCUT2D eigenvalue weighted by molar-refractivity contribution is 5.85. The Balaban J connectivity index is 2.09. The van der Waals surface area contributed by atoms with E-state index in [1.54, 1.807) is 7.11 Å². The highest BCUT2D eigenvalue weighted by atomic mass is 16.5. The summed E-state index contributed by atoms with van der Waals surface area (Å²) in [6.07, 6.45) is 3.04. The number of methoxy groups -OCH3 is 1. The number of H-pyrrole nitrogens is 1. The molecule has 1 saturated heterocycles. The van der Waals surface area contributed by atoms with Gasteiger partial charge in [-0.3, -0.25) is 0 Å². The average Bonchev–Trinajstić information content (AvgIpc) is 2.71. The SMILES string of the molecule is COc1ccc2[nH]ccc2c1C1CCNCCO1. The molecule has 4 nitrogen and oxygen atoms in total. The van der Waals surface area contributed by atoms with Crippen molar-refractivity contribution in [2.45, 2.75) is 12.5 Å². The Morgan fingerprint density at radius 1 is 1.28 bits per heavy atom. The van der Waals surface area contributed by atoms with Crippen LogP contribution in [0.3, 0.4) is 0 Å². The van der Waals surface area contributed by atoms with Crippen LogP contribution in [0, 0.1) is 0 Å². The van der Waals surface area contributed by atoms with E-state index in [9.17, 15) is 0 Å². The topological polar surface area (TPSA) is 46.3 Å². The molecule has 0 aliphatic carbocycles. The second-order valence-corrected chi connectivity index (χ2v) is 4.52. The molecule has 2 aromatic rings. The van der Waals surface area contributed by atoms with Crippen molar-refractivity contribution in [3.05, 3.63) is 30.0 Å². The maximum absolute atomic E-state index is 5.95. The van der Waals surface area contributed by atoms with E-state index in [-0.39, 0.29) is 6.10 Å². The lowest BCUT2D eigenvalue weighted by molar-refractivity contribution is 0.0637. The average molecular weight is 246 g/mol. The van der Waals surface area contributed by atoms with E-state index in [1.165, 1.54) is 10.9 Å². The maximum atomic E-state index is 5.95. The summed E-state index contributed by atoms with van der Waals surface area (Å²) in [4.78, 5) is 3.24. The summed E-state index contributed by atoms with van der Waals surface area (Å²) in [6, 6.07) is 6.15. The molecule has 0 bridgehead atoms. The van der Waals surface area contributed by atoms with Crippen molar-refractivity contribution in [3.63, 3.8) is 0 Å². The monoisotopic (exact) mass is 246 g/mol. The molecule has 1 aromatic heterocycles. The van der Waals surface area contributed by atoms with Gasteiger partial charge >= 0.3 is 0 Å². The first-order chi connectivity index (χ1) is 8.90. The van der Waals surface area contributed by atoms with Crippen molar-refractivity contribution >= 4 is 10.9 Å². The lowest BCUT2D eigenvalue weighted by Gasteiger charge is -2.19. The summed E-state index contributed by atoms with van der Waals surface area (Å²) in [5.74, 6) is 0.911. The molecule has 0 saturated carbocycles. The first-order valence-corrected chi connectivity index (χ1v) is 6.36. The number of hydrogen-bond donors (Lipinski definition) is 2. The van der Waals surface area contributed by atoms with Crippen LogP contribution in [0.1, 0.15) is 18.1 Å². The zero-order chi connectivity index (χ0) is 12.4. The van der Waals surface area contributed by atoms with Crippen molar-refractivity contribution in [1.29, 1.82) is 0 Å². The number of fused-ring (bicyclic) bond motifs is 1. The molecule has 3 rings (SSSR count). The van der Waals surface area contributed by atoms with Crippen molar-refractivity contribution in [2.24, 2.45) is 0 Å². The van der Waals surface area contributed by atoms with Gasteiger partial charge in [-0.25, -0.2) is 0 Å². The molecular formula is C14H18N2O2. The number of ether oxygens (including phenoxy) is 2. The van der Waals surface area contributed by atoms with Crippen LogP contribution in [0.5, 0.6) is 5.75 Å². The van der Waals surface area contributed by atoms with Gasteiger partial charge in [0.25, 0.3) is 0 Å². The molecule has 1 fully saturated rings. The maximum Gasteiger partial charge on any atom is 0.125 e. The van der Waals surface area contributed by atoms with Gasteiger partial charge in [0, 0.05) is 29.2 Å². The number of nitrogens with one attached hydrogen (secondary N) is 2. The van der Waals surface area contributed by atoms with E-state index in [4.69, 9.17) is 9.47 Å². The van der Waals surface area contributed by atoms with Crippen LogP contribution in [0.25, 0.3) is 10.9 Å².